The average molecular weight is 377 g/mol. The van der Waals surface area contributed by atoms with Crippen molar-refractivity contribution in [2.24, 2.45) is 0 Å². The maximum absolute atomic E-state index is 13.2. The number of amides is 1. The molecule has 3 rings (SSSR count). The van der Waals surface area contributed by atoms with E-state index in [4.69, 9.17) is 9.47 Å². The van der Waals surface area contributed by atoms with E-state index in [0.29, 0.717) is 23.5 Å². The van der Waals surface area contributed by atoms with Crippen molar-refractivity contribution < 1.29 is 23.0 Å². The fourth-order valence-corrected chi connectivity index (χ4v) is 3.06. The zero-order valence-corrected chi connectivity index (χ0v) is 15.0. The topological polar surface area (TPSA) is 71.6 Å². The van der Waals surface area contributed by atoms with E-state index in [-0.39, 0.29) is 18.5 Å². The molecule has 8 heteroatoms. The van der Waals surface area contributed by atoms with Crippen molar-refractivity contribution in [3.05, 3.63) is 59.2 Å². The van der Waals surface area contributed by atoms with Crippen molar-refractivity contribution in [3.8, 4) is 11.5 Å². The van der Waals surface area contributed by atoms with Gasteiger partial charge in [0.2, 0.25) is 5.91 Å². The highest BCUT2D eigenvalue weighted by molar-refractivity contribution is 5.82. The van der Waals surface area contributed by atoms with Gasteiger partial charge in [0.25, 0.3) is 0 Å². The third kappa shape index (κ3) is 4.53. The molecule has 1 aliphatic heterocycles. The largest absolute Gasteiger partial charge is 0.497 e. The normalized spacial score (nSPS) is 19.0. The van der Waals surface area contributed by atoms with Gasteiger partial charge in [0.15, 0.2) is 0 Å². The van der Waals surface area contributed by atoms with E-state index < -0.39 is 17.7 Å². The van der Waals surface area contributed by atoms with E-state index in [0.717, 1.165) is 11.6 Å². The van der Waals surface area contributed by atoms with Crippen LogP contribution in [0, 0.1) is 11.6 Å². The van der Waals surface area contributed by atoms with Gasteiger partial charge < -0.3 is 14.8 Å². The summed E-state index contributed by atoms with van der Waals surface area (Å²) in [7, 11) is 3.15. The van der Waals surface area contributed by atoms with Crippen LogP contribution in [0.4, 0.5) is 8.78 Å². The first-order valence-electron chi connectivity index (χ1n) is 8.46. The van der Waals surface area contributed by atoms with Crippen LogP contribution in [0.15, 0.2) is 36.4 Å². The van der Waals surface area contributed by atoms with E-state index in [1.807, 2.05) is 12.1 Å². The summed E-state index contributed by atoms with van der Waals surface area (Å²) in [5.41, 5.74) is 7.29. The molecular formula is C19H21F2N3O3. The number of carbonyl (C=O) groups excluding carboxylic acids is 1. The minimum Gasteiger partial charge on any atom is -0.497 e. The predicted octanol–water partition coefficient (Wildman–Crippen LogP) is 2.21. The number of ether oxygens (including phenoxy) is 2. The first-order valence-corrected chi connectivity index (χ1v) is 8.46. The van der Waals surface area contributed by atoms with Crippen LogP contribution in [0.2, 0.25) is 0 Å². The van der Waals surface area contributed by atoms with E-state index in [1.54, 1.807) is 20.3 Å². The van der Waals surface area contributed by atoms with Gasteiger partial charge in [0.05, 0.1) is 20.3 Å². The molecule has 0 bridgehead atoms. The minimum absolute atomic E-state index is 0.0439. The van der Waals surface area contributed by atoms with Crippen molar-refractivity contribution in [2.75, 3.05) is 14.2 Å². The average Bonchev–Trinajstić information content (AvgIpc) is 3.14. The minimum atomic E-state index is -0.674. The van der Waals surface area contributed by atoms with Gasteiger partial charge in [-0.05, 0) is 30.2 Å². The van der Waals surface area contributed by atoms with Crippen LogP contribution in [0.3, 0.4) is 0 Å². The maximum Gasteiger partial charge on any atom is 0.238 e. The molecule has 1 saturated heterocycles. The third-order valence-electron chi connectivity index (χ3n) is 4.42. The SMILES string of the molecule is COc1ccc(C2CC(C(=O)NCc3cc(F)cc(F)c3)NN2)c(OC)c1. The lowest BCUT2D eigenvalue weighted by atomic mass is 10.0. The Morgan fingerprint density at radius 2 is 1.85 bits per heavy atom. The van der Waals surface area contributed by atoms with Crippen molar-refractivity contribution in [1.82, 2.24) is 16.2 Å². The van der Waals surface area contributed by atoms with Crippen LogP contribution in [0.5, 0.6) is 11.5 Å². The van der Waals surface area contributed by atoms with Crippen LogP contribution in [0.25, 0.3) is 0 Å². The van der Waals surface area contributed by atoms with Crippen LogP contribution in [-0.2, 0) is 11.3 Å². The van der Waals surface area contributed by atoms with Crippen molar-refractivity contribution in [2.45, 2.75) is 25.0 Å². The number of rotatable bonds is 6. The summed E-state index contributed by atoms with van der Waals surface area (Å²) in [4.78, 5) is 12.4. The third-order valence-corrected chi connectivity index (χ3v) is 4.42. The van der Waals surface area contributed by atoms with Crippen LogP contribution in [-0.4, -0.2) is 26.2 Å². The number of hydrogen-bond donors (Lipinski definition) is 3. The smallest absolute Gasteiger partial charge is 0.238 e. The number of halogens is 2. The molecule has 0 radical (unpaired) electrons. The Kier molecular flexibility index (Phi) is 5.88. The predicted molar refractivity (Wildman–Crippen MR) is 95.2 cm³/mol. The van der Waals surface area contributed by atoms with Crippen molar-refractivity contribution in [3.63, 3.8) is 0 Å². The highest BCUT2D eigenvalue weighted by atomic mass is 19.1. The van der Waals surface area contributed by atoms with E-state index in [9.17, 15) is 13.6 Å². The van der Waals surface area contributed by atoms with Gasteiger partial charge in [-0.15, -0.1) is 0 Å². The summed E-state index contributed by atoms with van der Waals surface area (Å²) in [5, 5.41) is 2.69. The number of benzene rings is 2. The summed E-state index contributed by atoms with van der Waals surface area (Å²) in [6, 6.07) is 8.04. The Labute approximate surface area is 155 Å². The number of methoxy groups -OCH3 is 2. The lowest BCUT2D eigenvalue weighted by molar-refractivity contribution is -0.123. The number of carbonyl (C=O) groups is 1. The molecule has 144 valence electrons. The molecule has 2 atom stereocenters. The second kappa shape index (κ2) is 8.32. The summed E-state index contributed by atoms with van der Waals surface area (Å²) in [5.74, 6) is -0.275. The molecular weight excluding hydrogens is 356 g/mol. The summed E-state index contributed by atoms with van der Waals surface area (Å²) in [6.07, 6.45) is 0.492. The zero-order chi connectivity index (χ0) is 19.4. The Balaban J connectivity index is 1.61. The molecule has 0 aromatic heterocycles. The summed E-state index contributed by atoms with van der Waals surface area (Å²) >= 11 is 0. The monoisotopic (exact) mass is 377 g/mol. The quantitative estimate of drug-likeness (QED) is 0.720. The van der Waals surface area contributed by atoms with Gasteiger partial charge in [-0.2, -0.15) is 0 Å². The molecule has 2 aromatic rings. The molecule has 1 amide bonds. The molecule has 1 heterocycles. The molecule has 27 heavy (non-hydrogen) atoms. The van der Waals surface area contributed by atoms with Gasteiger partial charge in [-0.1, -0.05) is 6.07 Å². The van der Waals surface area contributed by atoms with Gasteiger partial charge in [-0.25, -0.2) is 19.6 Å². The molecule has 2 unspecified atom stereocenters. The van der Waals surface area contributed by atoms with Crippen LogP contribution >= 0.6 is 0 Å². The van der Waals surface area contributed by atoms with Gasteiger partial charge in [0.1, 0.15) is 29.2 Å². The molecule has 1 fully saturated rings. The van der Waals surface area contributed by atoms with Gasteiger partial charge in [0, 0.05) is 24.2 Å². The molecule has 1 aliphatic rings. The fraction of sp³-hybridized carbons (Fsp3) is 0.316. The van der Waals surface area contributed by atoms with Gasteiger partial charge in [-0.3, -0.25) is 4.79 Å². The van der Waals surface area contributed by atoms with E-state index in [1.165, 1.54) is 12.1 Å². The Bertz CT molecular complexity index is 812. The molecule has 0 saturated carbocycles. The first kappa shape index (κ1) is 19.1. The highest BCUT2D eigenvalue weighted by Gasteiger charge is 2.31. The molecule has 6 nitrogen and oxygen atoms in total. The molecule has 0 spiro atoms. The summed E-state index contributed by atoms with van der Waals surface area (Å²) < 4.78 is 37.0. The Hall–Kier alpha value is -2.71. The standard InChI is InChI=1S/C19H21F2N3O3/c1-26-14-3-4-15(18(8-14)27-2)16-9-17(24-23-16)19(25)22-10-11-5-12(20)7-13(21)6-11/h3-8,16-17,23-24H,9-10H2,1-2H3,(H,22,25). The Morgan fingerprint density at radius 3 is 2.52 bits per heavy atom. The molecule has 2 aromatic carbocycles. The van der Waals surface area contributed by atoms with Crippen molar-refractivity contribution >= 4 is 5.91 Å². The summed E-state index contributed by atoms with van der Waals surface area (Å²) in [6.45, 7) is 0.0439. The number of hydrazine groups is 1. The van der Waals surface area contributed by atoms with Crippen molar-refractivity contribution in [1.29, 1.82) is 0 Å². The molecule has 3 N–H and O–H groups in total. The van der Waals surface area contributed by atoms with Crippen LogP contribution in [0.1, 0.15) is 23.6 Å². The Morgan fingerprint density at radius 1 is 1.11 bits per heavy atom. The van der Waals surface area contributed by atoms with Gasteiger partial charge >= 0.3 is 0 Å². The number of nitrogens with one attached hydrogen (secondary N) is 3. The first-order chi connectivity index (χ1) is 13.0. The maximum atomic E-state index is 13.2. The number of hydrogen-bond acceptors (Lipinski definition) is 5. The lowest BCUT2D eigenvalue weighted by Gasteiger charge is -2.15. The fourth-order valence-electron chi connectivity index (χ4n) is 3.06. The second-order valence-corrected chi connectivity index (χ2v) is 6.23. The molecule has 0 aliphatic carbocycles. The highest BCUT2D eigenvalue weighted by Crippen LogP contribution is 2.33. The van der Waals surface area contributed by atoms with Crippen LogP contribution < -0.4 is 25.6 Å². The lowest BCUT2D eigenvalue weighted by Crippen LogP contribution is -2.42. The second-order valence-electron chi connectivity index (χ2n) is 6.23. The zero-order valence-electron chi connectivity index (χ0n) is 15.0. The van der Waals surface area contributed by atoms with E-state index in [2.05, 4.69) is 16.2 Å². The van der Waals surface area contributed by atoms with E-state index >= 15 is 0 Å².